The number of hydrogen-bond acceptors (Lipinski definition) is 1. The van der Waals surface area contributed by atoms with E-state index in [-0.39, 0.29) is 0 Å². The number of rotatable bonds is 2. The number of carbonyl (C=O) groups is 1. The van der Waals surface area contributed by atoms with Crippen LogP contribution in [0.2, 0.25) is 0 Å². The zero-order valence-corrected chi connectivity index (χ0v) is 3.95. The Labute approximate surface area is 40.3 Å². The zero-order valence-electron chi connectivity index (χ0n) is 3.95. The Morgan fingerprint density at radius 1 is 1.86 bits per heavy atom. The fourth-order valence-corrected chi connectivity index (χ4v) is 0.109. The lowest BCUT2D eigenvalue weighted by atomic mass is 10.3. The highest BCUT2D eigenvalue weighted by molar-refractivity contribution is 5.80. The van der Waals surface area contributed by atoms with Crippen molar-refractivity contribution in [3.05, 3.63) is 0 Å². The van der Waals surface area contributed by atoms with Gasteiger partial charge >= 0.3 is 0 Å². The molecule has 3 heteroatoms. The van der Waals surface area contributed by atoms with Crippen molar-refractivity contribution in [1.82, 2.24) is 0 Å². The molecule has 0 spiro atoms. The summed E-state index contributed by atoms with van der Waals surface area (Å²) in [5.41, 5.74) is 0. The minimum atomic E-state index is -1.90. The lowest BCUT2D eigenvalue weighted by molar-refractivity contribution is -0.122. The third-order valence-corrected chi connectivity index (χ3v) is 0.577. The largest absolute Gasteiger partial charge is 0.297 e. The molecule has 0 rings (SSSR count). The zero-order chi connectivity index (χ0) is 5.86. The van der Waals surface area contributed by atoms with Crippen molar-refractivity contribution in [2.75, 3.05) is 6.67 Å². The molecule has 0 aromatic heterocycles. The number of Topliss-reactive ketones (excluding diaryl/α,β-unsaturated/α-hetero) is 1. The number of halogens is 2. The van der Waals surface area contributed by atoms with Crippen LogP contribution in [-0.2, 0) is 4.79 Å². The molecule has 0 saturated heterocycles. The van der Waals surface area contributed by atoms with E-state index in [1.165, 1.54) is 0 Å². The van der Waals surface area contributed by atoms with E-state index in [1.54, 1.807) is 0 Å². The van der Waals surface area contributed by atoms with Crippen LogP contribution < -0.4 is 0 Å². The van der Waals surface area contributed by atoms with Gasteiger partial charge < -0.3 is 0 Å². The van der Waals surface area contributed by atoms with Crippen molar-refractivity contribution in [3.8, 4) is 0 Å². The maximum Gasteiger partial charge on any atom is 0.186 e. The third-order valence-electron chi connectivity index (χ3n) is 0.577. The third kappa shape index (κ3) is 2.25. The molecule has 0 saturated carbocycles. The Balaban J connectivity index is 3.34. The van der Waals surface area contributed by atoms with Crippen LogP contribution in [0.25, 0.3) is 0 Å². The minimum absolute atomic E-state index is 0.748. The minimum Gasteiger partial charge on any atom is -0.297 e. The van der Waals surface area contributed by atoms with E-state index >= 15 is 0 Å². The van der Waals surface area contributed by atoms with Gasteiger partial charge in [-0.05, 0) is 6.92 Å². The SMILES string of the molecule is CC(=O)C(F)CF. The molecule has 0 aliphatic carbocycles. The lowest BCUT2D eigenvalue weighted by Crippen LogP contribution is -2.12. The van der Waals surface area contributed by atoms with Crippen molar-refractivity contribution < 1.29 is 13.6 Å². The second kappa shape index (κ2) is 2.66. The van der Waals surface area contributed by atoms with Crippen LogP contribution >= 0.6 is 0 Å². The summed E-state index contributed by atoms with van der Waals surface area (Å²) < 4.78 is 22.6. The highest BCUT2D eigenvalue weighted by Crippen LogP contribution is 1.90. The Bertz CT molecular complexity index is 72.1. The average molecular weight is 108 g/mol. The van der Waals surface area contributed by atoms with E-state index in [4.69, 9.17) is 0 Å². The first-order valence-electron chi connectivity index (χ1n) is 1.89. The fraction of sp³-hybridized carbons (Fsp3) is 0.750. The second-order valence-electron chi connectivity index (χ2n) is 1.23. The summed E-state index contributed by atoms with van der Waals surface area (Å²) >= 11 is 0. The number of ketones is 1. The van der Waals surface area contributed by atoms with E-state index in [0.29, 0.717) is 0 Å². The van der Waals surface area contributed by atoms with Crippen LogP contribution in [0, 0.1) is 0 Å². The molecular formula is C4H6F2O. The summed E-state index contributed by atoms with van der Waals surface area (Å²) in [6.45, 7) is -0.181. The van der Waals surface area contributed by atoms with E-state index in [2.05, 4.69) is 0 Å². The quantitative estimate of drug-likeness (QED) is 0.513. The molecule has 1 nitrogen and oxygen atoms in total. The van der Waals surface area contributed by atoms with Crippen LogP contribution in [0.1, 0.15) is 6.92 Å². The summed E-state index contributed by atoms with van der Waals surface area (Å²) in [6.07, 6.45) is -1.90. The van der Waals surface area contributed by atoms with Crippen molar-refractivity contribution >= 4 is 5.78 Å². The monoisotopic (exact) mass is 108 g/mol. The molecule has 0 bridgehead atoms. The van der Waals surface area contributed by atoms with Gasteiger partial charge in [0, 0.05) is 0 Å². The highest BCUT2D eigenvalue weighted by atomic mass is 19.2. The van der Waals surface area contributed by atoms with Gasteiger partial charge in [0.25, 0.3) is 0 Å². The van der Waals surface area contributed by atoms with E-state index in [9.17, 15) is 13.6 Å². The number of alkyl halides is 2. The standard InChI is InChI=1S/C4H6F2O/c1-3(7)4(6)2-5/h4H,2H2,1H3. The Hall–Kier alpha value is -0.470. The van der Waals surface area contributed by atoms with Crippen LogP contribution in [-0.4, -0.2) is 18.6 Å². The molecule has 0 heterocycles. The van der Waals surface area contributed by atoms with Crippen LogP contribution in [0.5, 0.6) is 0 Å². The molecule has 0 aliphatic heterocycles. The molecule has 0 radical (unpaired) electrons. The predicted octanol–water partition coefficient (Wildman–Crippen LogP) is 0.883. The van der Waals surface area contributed by atoms with E-state index in [0.717, 1.165) is 6.92 Å². The normalized spacial score (nSPS) is 13.6. The van der Waals surface area contributed by atoms with Gasteiger partial charge in [-0.1, -0.05) is 0 Å². The maximum absolute atomic E-state index is 11.5. The smallest absolute Gasteiger partial charge is 0.186 e. The average Bonchev–Trinajstić information content (AvgIpc) is 1.65. The lowest BCUT2D eigenvalue weighted by Gasteiger charge is -1.91. The molecule has 1 atom stereocenters. The topological polar surface area (TPSA) is 17.1 Å². The maximum atomic E-state index is 11.5. The van der Waals surface area contributed by atoms with Crippen LogP contribution in [0.4, 0.5) is 8.78 Å². The molecule has 0 amide bonds. The van der Waals surface area contributed by atoms with Gasteiger partial charge in [0.15, 0.2) is 12.0 Å². The van der Waals surface area contributed by atoms with Gasteiger partial charge in [-0.25, -0.2) is 8.78 Å². The first kappa shape index (κ1) is 6.53. The van der Waals surface area contributed by atoms with Crippen molar-refractivity contribution in [1.29, 1.82) is 0 Å². The van der Waals surface area contributed by atoms with Gasteiger partial charge in [0.1, 0.15) is 6.67 Å². The molecule has 0 aromatic carbocycles. The number of carbonyl (C=O) groups excluding carboxylic acids is 1. The molecule has 7 heavy (non-hydrogen) atoms. The Morgan fingerprint density at radius 3 is 2.29 bits per heavy atom. The van der Waals surface area contributed by atoms with Crippen LogP contribution in [0.3, 0.4) is 0 Å². The van der Waals surface area contributed by atoms with Gasteiger partial charge in [0.05, 0.1) is 0 Å². The molecule has 0 aromatic rings. The fourth-order valence-electron chi connectivity index (χ4n) is 0.109. The first-order chi connectivity index (χ1) is 3.18. The summed E-state index contributed by atoms with van der Waals surface area (Å²) in [5, 5.41) is 0. The highest BCUT2D eigenvalue weighted by Gasteiger charge is 2.09. The van der Waals surface area contributed by atoms with Gasteiger partial charge in [-0.15, -0.1) is 0 Å². The molecule has 42 valence electrons. The van der Waals surface area contributed by atoms with E-state index in [1.807, 2.05) is 0 Å². The van der Waals surface area contributed by atoms with E-state index < -0.39 is 18.6 Å². The molecule has 0 aliphatic rings. The molecular weight excluding hydrogens is 102 g/mol. The van der Waals surface area contributed by atoms with Gasteiger partial charge in [-0.3, -0.25) is 4.79 Å². The number of hydrogen-bond donors (Lipinski definition) is 0. The Kier molecular flexibility index (Phi) is 2.48. The first-order valence-corrected chi connectivity index (χ1v) is 1.89. The summed E-state index contributed by atoms with van der Waals surface area (Å²) in [7, 11) is 0. The van der Waals surface area contributed by atoms with Crippen LogP contribution in [0.15, 0.2) is 0 Å². The molecule has 0 N–H and O–H groups in total. The van der Waals surface area contributed by atoms with Crippen molar-refractivity contribution in [2.24, 2.45) is 0 Å². The molecule has 1 unspecified atom stereocenters. The molecule has 0 fully saturated rings. The van der Waals surface area contributed by atoms with Gasteiger partial charge in [0.2, 0.25) is 0 Å². The summed E-state index contributed by atoms with van der Waals surface area (Å²) in [4.78, 5) is 9.76. The van der Waals surface area contributed by atoms with Crippen molar-refractivity contribution in [2.45, 2.75) is 13.1 Å². The Morgan fingerprint density at radius 2 is 2.29 bits per heavy atom. The van der Waals surface area contributed by atoms with Crippen molar-refractivity contribution in [3.63, 3.8) is 0 Å². The summed E-state index contributed by atoms with van der Waals surface area (Å²) in [6, 6.07) is 0. The summed E-state index contributed by atoms with van der Waals surface area (Å²) in [5.74, 6) is -0.748. The predicted molar refractivity (Wildman–Crippen MR) is 21.6 cm³/mol. The second-order valence-corrected chi connectivity index (χ2v) is 1.23. The van der Waals surface area contributed by atoms with Gasteiger partial charge in [-0.2, -0.15) is 0 Å².